The van der Waals surface area contributed by atoms with Gasteiger partial charge in [0.1, 0.15) is 11.4 Å². The van der Waals surface area contributed by atoms with Gasteiger partial charge in [-0.15, -0.1) is 0 Å². The second-order valence-corrected chi connectivity index (χ2v) is 6.77. The molecule has 2 fully saturated rings. The first-order chi connectivity index (χ1) is 11.1. The first-order valence-corrected chi connectivity index (χ1v) is 8.43. The number of carbonyl (C=O) groups excluding carboxylic acids is 1. The third kappa shape index (κ3) is 3.75. The van der Waals surface area contributed by atoms with Crippen LogP contribution in [0.5, 0.6) is 0 Å². The topological polar surface area (TPSA) is 57.7 Å². The van der Waals surface area contributed by atoms with Crippen molar-refractivity contribution in [3.05, 3.63) is 24.4 Å². The Kier molecular flexibility index (Phi) is 4.71. The van der Waals surface area contributed by atoms with Crippen LogP contribution in [0.4, 0.5) is 10.6 Å². The fraction of sp³-hybridized carbons (Fsp3) is 0.647. The average Bonchev–Trinajstić information content (AvgIpc) is 2.55. The Morgan fingerprint density at radius 1 is 1.35 bits per heavy atom. The maximum Gasteiger partial charge on any atom is 0.317 e. The van der Waals surface area contributed by atoms with Gasteiger partial charge in [0.05, 0.1) is 19.7 Å². The summed E-state index contributed by atoms with van der Waals surface area (Å²) in [5.74, 6) is 0.985. The third-order valence-corrected chi connectivity index (χ3v) is 4.46. The molecule has 6 nitrogen and oxygen atoms in total. The lowest BCUT2D eigenvalue weighted by atomic mass is 9.90. The van der Waals surface area contributed by atoms with Crippen molar-refractivity contribution >= 4 is 11.8 Å². The van der Waals surface area contributed by atoms with Gasteiger partial charge in [0.25, 0.3) is 0 Å². The predicted molar refractivity (Wildman–Crippen MR) is 89.6 cm³/mol. The fourth-order valence-electron chi connectivity index (χ4n) is 3.44. The van der Waals surface area contributed by atoms with Crippen molar-refractivity contribution in [3.63, 3.8) is 0 Å². The van der Waals surface area contributed by atoms with E-state index in [0.717, 1.165) is 31.7 Å². The molecular weight excluding hydrogens is 292 g/mol. The van der Waals surface area contributed by atoms with Crippen LogP contribution in [0.1, 0.15) is 26.7 Å². The smallest absolute Gasteiger partial charge is 0.317 e. The van der Waals surface area contributed by atoms with Gasteiger partial charge in [-0.3, -0.25) is 0 Å². The number of rotatable bonds is 2. The molecule has 1 atom stereocenters. The molecule has 2 aliphatic heterocycles. The number of piperidine rings is 1. The van der Waals surface area contributed by atoms with Crippen molar-refractivity contribution in [1.29, 1.82) is 0 Å². The standard InChI is InChI=1S/C17H26N4O2/c1-14(2)19-16(22)21-10-11-23-17(13-21)7-5-9-20(12-17)15-6-3-4-8-18-15/h3-4,6,8,14H,5,7,9-13H2,1-2H3,(H,19,22)/t17-/m0/s1. The van der Waals surface area contributed by atoms with E-state index in [4.69, 9.17) is 4.74 Å². The molecule has 1 spiro atoms. The Balaban J connectivity index is 1.69. The molecule has 2 amide bonds. The molecule has 6 heteroatoms. The van der Waals surface area contributed by atoms with Gasteiger partial charge in [-0.05, 0) is 38.8 Å². The molecule has 126 valence electrons. The van der Waals surface area contributed by atoms with Crippen molar-refractivity contribution in [2.24, 2.45) is 0 Å². The van der Waals surface area contributed by atoms with Crippen molar-refractivity contribution < 1.29 is 9.53 Å². The molecule has 2 aliphatic rings. The number of ether oxygens (including phenoxy) is 1. The Labute approximate surface area is 137 Å². The van der Waals surface area contributed by atoms with Crippen LogP contribution in [0.15, 0.2) is 24.4 Å². The molecule has 3 rings (SSSR count). The van der Waals surface area contributed by atoms with E-state index >= 15 is 0 Å². The van der Waals surface area contributed by atoms with E-state index in [-0.39, 0.29) is 17.7 Å². The molecule has 3 heterocycles. The van der Waals surface area contributed by atoms with E-state index in [2.05, 4.69) is 15.2 Å². The minimum absolute atomic E-state index is 0.0117. The van der Waals surface area contributed by atoms with Gasteiger partial charge in [0, 0.05) is 25.3 Å². The highest BCUT2D eigenvalue weighted by Gasteiger charge is 2.42. The quantitative estimate of drug-likeness (QED) is 0.904. The highest BCUT2D eigenvalue weighted by atomic mass is 16.5. The van der Waals surface area contributed by atoms with E-state index in [1.165, 1.54) is 0 Å². The highest BCUT2D eigenvalue weighted by Crippen LogP contribution is 2.31. The van der Waals surface area contributed by atoms with E-state index < -0.39 is 0 Å². The van der Waals surface area contributed by atoms with E-state index in [1.54, 1.807) is 0 Å². The Bertz CT molecular complexity index is 533. The minimum Gasteiger partial charge on any atom is -0.369 e. The van der Waals surface area contributed by atoms with Crippen LogP contribution in [-0.2, 0) is 4.74 Å². The van der Waals surface area contributed by atoms with E-state index in [0.29, 0.717) is 19.7 Å². The summed E-state index contributed by atoms with van der Waals surface area (Å²) in [6.45, 7) is 7.64. The predicted octanol–water partition coefficient (Wildman–Crippen LogP) is 1.87. The molecule has 23 heavy (non-hydrogen) atoms. The van der Waals surface area contributed by atoms with Crippen LogP contribution in [0, 0.1) is 0 Å². The molecule has 2 saturated heterocycles. The normalized spacial score (nSPS) is 25.0. The number of hydrogen-bond donors (Lipinski definition) is 1. The molecule has 0 saturated carbocycles. The second-order valence-electron chi connectivity index (χ2n) is 6.77. The SMILES string of the molecule is CC(C)NC(=O)N1CCO[C@]2(CCCN(c3ccccn3)C2)C1. The van der Waals surface area contributed by atoms with E-state index in [1.807, 2.05) is 43.1 Å². The molecule has 1 aromatic heterocycles. The molecule has 0 bridgehead atoms. The number of nitrogens with one attached hydrogen (secondary N) is 1. The Morgan fingerprint density at radius 2 is 2.22 bits per heavy atom. The van der Waals surface area contributed by atoms with Crippen LogP contribution in [0.25, 0.3) is 0 Å². The lowest BCUT2D eigenvalue weighted by Crippen LogP contribution is -2.62. The first kappa shape index (κ1) is 16.1. The molecule has 1 N–H and O–H groups in total. The summed E-state index contributed by atoms with van der Waals surface area (Å²) in [5, 5.41) is 2.98. The molecule has 1 aromatic rings. The summed E-state index contributed by atoms with van der Waals surface area (Å²) in [7, 11) is 0. The summed E-state index contributed by atoms with van der Waals surface area (Å²) in [6, 6.07) is 6.13. The number of aromatic nitrogens is 1. The number of amides is 2. The zero-order chi connectivity index (χ0) is 16.3. The zero-order valence-electron chi connectivity index (χ0n) is 14.0. The van der Waals surface area contributed by atoms with Gasteiger partial charge >= 0.3 is 6.03 Å². The molecular formula is C17H26N4O2. The molecule has 0 aliphatic carbocycles. The maximum atomic E-state index is 12.3. The van der Waals surface area contributed by atoms with Gasteiger partial charge in [-0.2, -0.15) is 0 Å². The van der Waals surface area contributed by atoms with Crippen LogP contribution >= 0.6 is 0 Å². The number of nitrogens with zero attached hydrogens (tertiary/aromatic N) is 3. The molecule has 0 aromatic carbocycles. The average molecular weight is 318 g/mol. The number of carbonyl (C=O) groups is 1. The molecule has 0 radical (unpaired) electrons. The Morgan fingerprint density at radius 3 is 2.96 bits per heavy atom. The lowest BCUT2D eigenvalue weighted by Gasteiger charge is -2.48. The number of pyridine rings is 1. The third-order valence-electron chi connectivity index (χ3n) is 4.46. The monoisotopic (exact) mass is 318 g/mol. The number of anilines is 1. The van der Waals surface area contributed by atoms with Gasteiger partial charge in [-0.25, -0.2) is 9.78 Å². The second kappa shape index (κ2) is 6.74. The van der Waals surface area contributed by atoms with Crippen molar-refractivity contribution in [2.75, 3.05) is 37.7 Å². The summed E-state index contributed by atoms with van der Waals surface area (Å²) in [6.07, 6.45) is 3.86. The maximum absolute atomic E-state index is 12.3. The van der Waals surface area contributed by atoms with Crippen molar-refractivity contribution in [1.82, 2.24) is 15.2 Å². The van der Waals surface area contributed by atoms with E-state index in [9.17, 15) is 4.79 Å². The summed E-state index contributed by atoms with van der Waals surface area (Å²) >= 11 is 0. The van der Waals surface area contributed by atoms with Gasteiger partial charge in [-0.1, -0.05) is 6.07 Å². The largest absolute Gasteiger partial charge is 0.369 e. The zero-order valence-corrected chi connectivity index (χ0v) is 14.0. The van der Waals surface area contributed by atoms with Gasteiger partial charge in [0.15, 0.2) is 0 Å². The minimum atomic E-state index is -0.275. The number of morpholine rings is 1. The molecule has 0 unspecified atom stereocenters. The van der Waals surface area contributed by atoms with Crippen molar-refractivity contribution in [3.8, 4) is 0 Å². The van der Waals surface area contributed by atoms with Crippen molar-refractivity contribution in [2.45, 2.75) is 38.3 Å². The van der Waals surface area contributed by atoms with Gasteiger partial charge in [0.2, 0.25) is 0 Å². The summed E-state index contributed by atoms with van der Waals surface area (Å²) < 4.78 is 6.15. The van der Waals surface area contributed by atoms with Crippen LogP contribution in [0.2, 0.25) is 0 Å². The van der Waals surface area contributed by atoms with Gasteiger partial charge < -0.3 is 19.9 Å². The first-order valence-electron chi connectivity index (χ1n) is 8.43. The van der Waals surface area contributed by atoms with Crippen LogP contribution in [-0.4, -0.2) is 60.3 Å². The van der Waals surface area contributed by atoms with Crippen LogP contribution < -0.4 is 10.2 Å². The van der Waals surface area contributed by atoms with Crippen LogP contribution in [0.3, 0.4) is 0 Å². The number of hydrogen-bond acceptors (Lipinski definition) is 4. The Hall–Kier alpha value is -1.82. The number of urea groups is 1. The summed E-state index contributed by atoms with van der Waals surface area (Å²) in [5.41, 5.74) is -0.275. The highest BCUT2D eigenvalue weighted by molar-refractivity contribution is 5.74. The fourth-order valence-corrected chi connectivity index (χ4v) is 3.44. The lowest BCUT2D eigenvalue weighted by molar-refractivity contribution is -0.103. The summed E-state index contributed by atoms with van der Waals surface area (Å²) in [4.78, 5) is 20.9.